The van der Waals surface area contributed by atoms with E-state index >= 15 is 0 Å². The third kappa shape index (κ3) is 2.60. The fourth-order valence-electron chi connectivity index (χ4n) is 3.75. The summed E-state index contributed by atoms with van der Waals surface area (Å²) in [7, 11) is 0. The van der Waals surface area contributed by atoms with Gasteiger partial charge in [-0.1, -0.05) is 24.3 Å². The minimum absolute atomic E-state index is 0.0869. The van der Waals surface area contributed by atoms with Crippen molar-refractivity contribution in [2.75, 3.05) is 9.62 Å². The molecule has 1 aliphatic carbocycles. The Morgan fingerprint density at radius 3 is 2.85 bits per heavy atom. The molecule has 1 fully saturated rings. The molecule has 1 N–H and O–H groups in total. The molecule has 3 aromatic rings. The Morgan fingerprint density at radius 1 is 1.12 bits per heavy atom. The van der Waals surface area contributed by atoms with Crippen LogP contribution in [0.1, 0.15) is 32.3 Å². The van der Waals surface area contributed by atoms with E-state index in [9.17, 15) is 0 Å². The van der Waals surface area contributed by atoms with Gasteiger partial charge in [0.15, 0.2) is 0 Å². The molecule has 26 heavy (non-hydrogen) atoms. The number of para-hydroxylation sites is 1. The Hall–Kier alpha value is -2.34. The molecule has 0 amide bonds. The number of nitrogens with one attached hydrogen (secondary N) is 1. The van der Waals surface area contributed by atoms with Gasteiger partial charge >= 0.3 is 0 Å². The summed E-state index contributed by atoms with van der Waals surface area (Å²) in [6.45, 7) is 4.55. The quantitative estimate of drug-likeness (QED) is 0.697. The van der Waals surface area contributed by atoms with Crippen LogP contribution in [0.4, 0.5) is 11.8 Å². The van der Waals surface area contributed by atoms with Crippen LogP contribution >= 0.6 is 11.9 Å². The van der Waals surface area contributed by atoms with Crippen molar-refractivity contribution in [1.82, 2.24) is 15.0 Å². The van der Waals surface area contributed by atoms with E-state index in [-0.39, 0.29) is 4.75 Å². The molecule has 2 aliphatic rings. The van der Waals surface area contributed by atoms with Gasteiger partial charge in [-0.15, -0.1) is 0 Å². The highest BCUT2D eigenvalue weighted by molar-refractivity contribution is 8.02. The van der Waals surface area contributed by atoms with Crippen molar-refractivity contribution in [1.29, 1.82) is 0 Å². The summed E-state index contributed by atoms with van der Waals surface area (Å²) in [6.07, 6.45) is 5.94. The lowest BCUT2D eigenvalue weighted by Gasteiger charge is -2.41. The van der Waals surface area contributed by atoms with Gasteiger partial charge in [-0.05, 0) is 50.8 Å². The Kier molecular flexibility index (Phi) is 3.57. The minimum Gasteiger partial charge on any atom is -0.351 e. The van der Waals surface area contributed by atoms with Crippen LogP contribution in [-0.4, -0.2) is 27.0 Å². The standard InChI is InChI=1S/C20H21N5S/c1-20(2)16-7-5-9-21-18(16)25(26-20)15-10-14(11-15)23-19-22-12-13-6-3-4-8-17(13)24-19/h3-9,12,14-15H,10-11H2,1-2H3,(H,22,23,24). The smallest absolute Gasteiger partial charge is 0.223 e. The van der Waals surface area contributed by atoms with Crippen molar-refractivity contribution in [3.05, 3.63) is 54.4 Å². The van der Waals surface area contributed by atoms with Crippen LogP contribution in [0.15, 0.2) is 48.8 Å². The molecule has 0 radical (unpaired) electrons. The normalized spacial score (nSPS) is 23.5. The Labute approximate surface area is 157 Å². The lowest BCUT2D eigenvalue weighted by Crippen LogP contribution is -2.47. The number of pyridine rings is 1. The van der Waals surface area contributed by atoms with Gasteiger partial charge in [0.1, 0.15) is 5.82 Å². The molecule has 5 rings (SSSR count). The maximum absolute atomic E-state index is 4.64. The second kappa shape index (κ2) is 5.84. The summed E-state index contributed by atoms with van der Waals surface area (Å²) >= 11 is 1.90. The minimum atomic E-state index is 0.0869. The first-order valence-electron chi connectivity index (χ1n) is 9.02. The average Bonchev–Trinajstić information content (AvgIpc) is 2.89. The van der Waals surface area contributed by atoms with Gasteiger partial charge in [-0.2, -0.15) is 0 Å². The highest BCUT2D eigenvalue weighted by atomic mass is 32.2. The van der Waals surface area contributed by atoms with Gasteiger partial charge in [0.2, 0.25) is 5.95 Å². The number of nitrogens with zero attached hydrogens (tertiary/aromatic N) is 4. The number of anilines is 2. The molecule has 6 heteroatoms. The van der Waals surface area contributed by atoms with E-state index in [0.717, 1.165) is 35.5 Å². The maximum atomic E-state index is 4.64. The molecule has 0 saturated heterocycles. The molecule has 0 bridgehead atoms. The SMILES string of the molecule is CC1(C)SN(C2CC(Nc3ncc4ccccc4n3)C2)c2ncccc21. The first-order chi connectivity index (χ1) is 12.6. The van der Waals surface area contributed by atoms with Gasteiger partial charge < -0.3 is 5.32 Å². The monoisotopic (exact) mass is 363 g/mol. The van der Waals surface area contributed by atoms with E-state index in [0.29, 0.717) is 12.1 Å². The highest BCUT2D eigenvalue weighted by Crippen LogP contribution is 2.53. The predicted molar refractivity (Wildman–Crippen MR) is 107 cm³/mol. The van der Waals surface area contributed by atoms with E-state index in [1.165, 1.54) is 5.56 Å². The Morgan fingerprint density at radius 2 is 1.96 bits per heavy atom. The molecule has 1 aromatic carbocycles. The molecule has 0 unspecified atom stereocenters. The predicted octanol–water partition coefficient (Wildman–Crippen LogP) is 4.37. The Bertz CT molecular complexity index is 967. The van der Waals surface area contributed by atoms with Crippen LogP contribution in [0.3, 0.4) is 0 Å². The second-order valence-corrected chi connectivity index (χ2v) is 9.12. The van der Waals surface area contributed by atoms with Gasteiger partial charge in [-0.3, -0.25) is 4.31 Å². The zero-order valence-electron chi connectivity index (χ0n) is 14.9. The first kappa shape index (κ1) is 15.9. The van der Waals surface area contributed by atoms with Gasteiger partial charge in [0.25, 0.3) is 0 Å². The molecule has 132 valence electrons. The van der Waals surface area contributed by atoms with Gasteiger partial charge in [0.05, 0.1) is 10.3 Å². The van der Waals surface area contributed by atoms with Crippen LogP contribution in [0.5, 0.6) is 0 Å². The summed E-state index contributed by atoms with van der Waals surface area (Å²) < 4.78 is 2.50. The van der Waals surface area contributed by atoms with Gasteiger partial charge in [-0.25, -0.2) is 15.0 Å². The number of fused-ring (bicyclic) bond motifs is 2. The molecule has 1 saturated carbocycles. The van der Waals surface area contributed by atoms with E-state index in [2.05, 4.69) is 44.5 Å². The van der Waals surface area contributed by atoms with Crippen LogP contribution in [0.2, 0.25) is 0 Å². The third-order valence-corrected chi connectivity index (χ3v) is 6.58. The second-order valence-electron chi connectivity index (χ2n) is 7.52. The zero-order valence-corrected chi connectivity index (χ0v) is 15.7. The van der Waals surface area contributed by atoms with Crippen molar-refractivity contribution in [3.8, 4) is 0 Å². The van der Waals surface area contributed by atoms with Crippen LogP contribution < -0.4 is 9.62 Å². The van der Waals surface area contributed by atoms with Crippen molar-refractivity contribution in [3.63, 3.8) is 0 Å². The lowest BCUT2D eigenvalue weighted by molar-refractivity contribution is 0.378. The van der Waals surface area contributed by atoms with E-state index < -0.39 is 0 Å². The topological polar surface area (TPSA) is 53.9 Å². The van der Waals surface area contributed by atoms with Crippen molar-refractivity contribution in [2.45, 2.75) is 43.5 Å². The molecule has 0 atom stereocenters. The number of rotatable bonds is 3. The Balaban J connectivity index is 1.28. The highest BCUT2D eigenvalue weighted by Gasteiger charge is 2.44. The number of benzene rings is 1. The molecule has 1 aliphatic heterocycles. The number of hydrogen-bond donors (Lipinski definition) is 1. The molecule has 3 heterocycles. The number of hydrogen-bond acceptors (Lipinski definition) is 6. The molecule has 2 aromatic heterocycles. The number of aromatic nitrogens is 3. The molecular formula is C20H21N5S. The molecule has 0 spiro atoms. The van der Waals surface area contributed by atoms with Gasteiger partial charge in [0, 0.05) is 35.4 Å². The summed E-state index contributed by atoms with van der Waals surface area (Å²) in [5, 5.41) is 4.56. The summed E-state index contributed by atoms with van der Waals surface area (Å²) in [6, 6.07) is 13.2. The lowest BCUT2D eigenvalue weighted by atomic mass is 9.86. The summed E-state index contributed by atoms with van der Waals surface area (Å²) in [5.74, 6) is 1.85. The van der Waals surface area contributed by atoms with Crippen molar-refractivity contribution >= 4 is 34.6 Å². The molecule has 5 nitrogen and oxygen atoms in total. The van der Waals surface area contributed by atoms with E-state index in [4.69, 9.17) is 0 Å². The maximum Gasteiger partial charge on any atom is 0.223 e. The summed E-state index contributed by atoms with van der Waals surface area (Å²) in [4.78, 5) is 13.7. The third-order valence-electron chi connectivity index (χ3n) is 5.24. The van der Waals surface area contributed by atoms with E-state index in [1.54, 1.807) is 0 Å². The molecular weight excluding hydrogens is 342 g/mol. The van der Waals surface area contributed by atoms with Crippen molar-refractivity contribution < 1.29 is 0 Å². The van der Waals surface area contributed by atoms with Crippen LogP contribution in [0, 0.1) is 0 Å². The van der Waals surface area contributed by atoms with E-state index in [1.807, 2.05) is 54.7 Å². The largest absolute Gasteiger partial charge is 0.351 e. The fraction of sp³-hybridized carbons (Fsp3) is 0.350. The van der Waals surface area contributed by atoms with Crippen LogP contribution in [-0.2, 0) is 4.75 Å². The zero-order chi connectivity index (χ0) is 17.7. The first-order valence-corrected chi connectivity index (χ1v) is 9.80. The van der Waals surface area contributed by atoms with Crippen LogP contribution in [0.25, 0.3) is 10.9 Å². The average molecular weight is 363 g/mol. The fourth-order valence-corrected chi connectivity index (χ4v) is 5.05. The summed E-state index contributed by atoms with van der Waals surface area (Å²) in [5.41, 5.74) is 2.31. The van der Waals surface area contributed by atoms with Crippen molar-refractivity contribution in [2.24, 2.45) is 0 Å².